The van der Waals surface area contributed by atoms with Crippen LogP contribution in [0.5, 0.6) is 0 Å². The molecule has 6 heteroatoms. The third-order valence-electron chi connectivity index (χ3n) is 3.91. The summed E-state index contributed by atoms with van der Waals surface area (Å²) >= 11 is 0. The first kappa shape index (κ1) is 16.0. The Morgan fingerprint density at radius 3 is 2.90 bits per heavy atom. The van der Waals surface area contributed by atoms with Crippen LogP contribution < -0.4 is 15.8 Å². The molecule has 1 aliphatic heterocycles. The molecule has 1 fully saturated rings. The fourth-order valence-corrected chi connectivity index (χ4v) is 2.46. The van der Waals surface area contributed by atoms with Gasteiger partial charge in [0.2, 0.25) is 0 Å². The molecule has 1 N–H and O–H groups in total. The minimum absolute atomic E-state index is 0.0416. The summed E-state index contributed by atoms with van der Waals surface area (Å²) in [4.78, 5) is 14.3. The van der Waals surface area contributed by atoms with E-state index in [1.165, 1.54) is 4.68 Å². The molecule has 1 saturated heterocycles. The van der Waals surface area contributed by atoms with Gasteiger partial charge in [-0.1, -0.05) is 0 Å². The first-order valence-electron chi connectivity index (χ1n) is 7.54. The van der Waals surface area contributed by atoms with Gasteiger partial charge in [-0.25, -0.2) is 4.68 Å². The molecule has 0 radical (unpaired) electrons. The summed E-state index contributed by atoms with van der Waals surface area (Å²) in [7, 11) is 1.92. The van der Waals surface area contributed by atoms with Crippen LogP contribution in [0.15, 0.2) is 17.1 Å². The summed E-state index contributed by atoms with van der Waals surface area (Å²) in [6.45, 7) is 9.10. The van der Waals surface area contributed by atoms with Crippen LogP contribution in [0.25, 0.3) is 0 Å². The Bertz CT molecular complexity index is 527. The Kier molecular flexibility index (Phi) is 5.00. The third-order valence-corrected chi connectivity index (χ3v) is 3.91. The van der Waals surface area contributed by atoms with Gasteiger partial charge in [0, 0.05) is 31.7 Å². The minimum atomic E-state index is -0.185. The number of ether oxygens (including phenoxy) is 1. The number of anilines is 1. The summed E-state index contributed by atoms with van der Waals surface area (Å²) in [5.41, 5.74) is 0.657. The number of hydrogen-bond donors (Lipinski definition) is 1. The van der Waals surface area contributed by atoms with Gasteiger partial charge < -0.3 is 15.0 Å². The molecule has 2 rings (SSSR count). The standard InChI is InChI=1S/C15H26N4O2/c1-12(16-4)5-6-19-14(20)9-13(10-17-19)18-7-8-21-15(2,3)11-18/h9-10,12,16H,5-8,11H2,1-4H3. The van der Waals surface area contributed by atoms with E-state index in [1.54, 1.807) is 12.3 Å². The Morgan fingerprint density at radius 2 is 2.29 bits per heavy atom. The number of hydrogen-bond acceptors (Lipinski definition) is 5. The fraction of sp³-hybridized carbons (Fsp3) is 0.733. The van der Waals surface area contributed by atoms with E-state index >= 15 is 0 Å². The van der Waals surface area contributed by atoms with E-state index in [-0.39, 0.29) is 11.2 Å². The van der Waals surface area contributed by atoms with Gasteiger partial charge in [-0.15, -0.1) is 0 Å². The minimum Gasteiger partial charge on any atom is -0.372 e. The first-order chi connectivity index (χ1) is 9.91. The molecular formula is C15H26N4O2. The van der Waals surface area contributed by atoms with Crippen LogP contribution in [0.2, 0.25) is 0 Å². The second kappa shape index (κ2) is 6.58. The summed E-state index contributed by atoms with van der Waals surface area (Å²) in [6, 6.07) is 2.05. The van der Waals surface area contributed by atoms with Crippen molar-refractivity contribution in [1.82, 2.24) is 15.1 Å². The number of morpholine rings is 1. The largest absolute Gasteiger partial charge is 0.372 e. The second-order valence-corrected chi connectivity index (χ2v) is 6.28. The SMILES string of the molecule is CNC(C)CCn1ncc(N2CCOC(C)(C)C2)cc1=O. The van der Waals surface area contributed by atoms with Crippen LogP contribution in [0, 0.1) is 0 Å². The van der Waals surface area contributed by atoms with Gasteiger partial charge in [0.15, 0.2) is 0 Å². The zero-order valence-electron chi connectivity index (χ0n) is 13.4. The lowest BCUT2D eigenvalue weighted by molar-refractivity contribution is -0.0277. The molecule has 1 atom stereocenters. The molecule has 1 aromatic heterocycles. The summed E-state index contributed by atoms with van der Waals surface area (Å²) < 4.78 is 7.23. The van der Waals surface area contributed by atoms with E-state index in [0.29, 0.717) is 19.2 Å². The van der Waals surface area contributed by atoms with Crippen molar-refractivity contribution in [2.24, 2.45) is 0 Å². The Morgan fingerprint density at radius 1 is 1.52 bits per heavy atom. The van der Waals surface area contributed by atoms with Gasteiger partial charge in [0.25, 0.3) is 5.56 Å². The summed E-state index contributed by atoms with van der Waals surface area (Å²) in [6.07, 6.45) is 2.67. The molecule has 0 aromatic carbocycles. The maximum Gasteiger partial charge on any atom is 0.268 e. The van der Waals surface area contributed by atoms with E-state index in [9.17, 15) is 4.79 Å². The van der Waals surface area contributed by atoms with Gasteiger partial charge in [-0.2, -0.15) is 5.10 Å². The van der Waals surface area contributed by atoms with Gasteiger partial charge in [-0.05, 0) is 34.2 Å². The highest BCUT2D eigenvalue weighted by Gasteiger charge is 2.27. The Balaban J connectivity index is 2.06. The quantitative estimate of drug-likeness (QED) is 0.873. The maximum absolute atomic E-state index is 12.2. The van der Waals surface area contributed by atoms with Crippen molar-refractivity contribution < 1.29 is 4.74 Å². The molecule has 0 bridgehead atoms. The highest BCUT2D eigenvalue weighted by molar-refractivity contribution is 5.43. The van der Waals surface area contributed by atoms with Crippen molar-refractivity contribution >= 4 is 5.69 Å². The van der Waals surface area contributed by atoms with Crippen molar-refractivity contribution in [3.63, 3.8) is 0 Å². The van der Waals surface area contributed by atoms with Crippen LogP contribution >= 0.6 is 0 Å². The predicted octanol–water partition coefficient (Wildman–Crippen LogP) is 0.857. The maximum atomic E-state index is 12.2. The number of aryl methyl sites for hydroxylation is 1. The smallest absolute Gasteiger partial charge is 0.268 e. The lowest BCUT2D eigenvalue weighted by atomic mass is 10.1. The Labute approximate surface area is 126 Å². The lowest BCUT2D eigenvalue weighted by Gasteiger charge is -2.39. The fourth-order valence-electron chi connectivity index (χ4n) is 2.46. The summed E-state index contributed by atoms with van der Waals surface area (Å²) in [5, 5.41) is 7.46. The molecule has 0 aliphatic carbocycles. The van der Waals surface area contributed by atoms with Gasteiger partial charge >= 0.3 is 0 Å². The van der Waals surface area contributed by atoms with Crippen molar-refractivity contribution in [2.45, 2.75) is 45.4 Å². The van der Waals surface area contributed by atoms with Crippen LogP contribution in [-0.2, 0) is 11.3 Å². The average molecular weight is 294 g/mol. The van der Waals surface area contributed by atoms with Crippen molar-refractivity contribution in [2.75, 3.05) is 31.6 Å². The Hall–Kier alpha value is -1.40. The third kappa shape index (κ3) is 4.28. The first-order valence-corrected chi connectivity index (χ1v) is 7.54. The van der Waals surface area contributed by atoms with E-state index in [2.05, 4.69) is 36.1 Å². The normalized spacial score (nSPS) is 19.5. The van der Waals surface area contributed by atoms with Crippen LogP contribution in [0.4, 0.5) is 5.69 Å². The van der Waals surface area contributed by atoms with Crippen LogP contribution in [0.1, 0.15) is 27.2 Å². The molecule has 0 spiro atoms. The van der Waals surface area contributed by atoms with Crippen molar-refractivity contribution in [1.29, 1.82) is 0 Å². The molecule has 0 saturated carbocycles. The molecule has 0 amide bonds. The summed E-state index contributed by atoms with van der Waals surface area (Å²) in [5.74, 6) is 0. The van der Waals surface area contributed by atoms with Crippen molar-refractivity contribution in [3.8, 4) is 0 Å². The highest BCUT2D eigenvalue weighted by atomic mass is 16.5. The lowest BCUT2D eigenvalue weighted by Crippen LogP contribution is -2.48. The molecule has 1 aromatic rings. The molecule has 118 valence electrons. The number of nitrogens with zero attached hydrogens (tertiary/aromatic N) is 3. The van der Waals surface area contributed by atoms with Gasteiger partial charge in [-0.3, -0.25) is 4.79 Å². The van der Waals surface area contributed by atoms with Crippen LogP contribution in [0.3, 0.4) is 0 Å². The monoisotopic (exact) mass is 294 g/mol. The topological polar surface area (TPSA) is 59.4 Å². The molecule has 21 heavy (non-hydrogen) atoms. The molecular weight excluding hydrogens is 268 g/mol. The zero-order chi connectivity index (χ0) is 15.5. The zero-order valence-corrected chi connectivity index (χ0v) is 13.4. The molecule has 1 aliphatic rings. The average Bonchev–Trinajstić information content (AvgIpc) is 2.44. The molecule has 6 nitrogen and oxygen atoms in total. The van der Waals surface area contributed by atoms with E-state index in [4.69, 9.17) is 4.74 Å². The number of rotatable bonds is 5. The van der Waals surface area contributed by atoms with Gasteiger partial charge in [0.05, 0.1) is 24.1 Å². The molecule has 1 unspecified atom stereocenters. The predicted molar refractivity (Wildman–Crippen MR) is 83.9 cm³/mol. The van der Waals surface area contributed by atoms with E-state index in [0.717, 1.165) is 25.2 Å². The van der Waals surface area contributed by atoms with E-state index in [1.807, 2.05) is 7.05 Å². The van der Waals surface area contributed by atoms with Gasteiger partial charge in [0.1, 0.15) is 0 Å². The highest BCUT2D eigenvalue weighted by Crippen LogP contribution is 2.21. The van der Waals surface area contributed by atoms with E-state index < -0.39 is 0 Å². The molecule has 2 heterocycles. The second-order valence-electron chi connectivity index (χ2n) is 6.28. The number of nitrogens with one attached hydrogen (secondary N) is 1. The van der Waals surface area contributed by atoms with Crippen molar-refractivity contribution in [3.05, 3.63) is 22.6 Å². The number of aromatic nitrogens is 2. The van der Waals surface area contributed by atoms with Crippen LogP contribution in [-0.4, -0.2) is 48.2 Å².